The number of nitrogens with two attached hydrogens (primary N) is 1. The van der Waals surface area contributed by atoms with Crippen LogP contribution in [0.3, 0.4) is 0 Å². The first kappa shape index (κ1) is 14.2. The van der Waals surface area contributed by atoms with Gasteiger partial charge >= 0.3 is 6.18 Å². The Labute approximate surface area is 114 Å². The first-order valence-corrected chi connectivity index (χ1v) is 5.87. The number of ether oxygens (including phenoxy) is 1. The lowest BCUT2D eigenvalue weighted by atomic mass is 10.0. The highest BCUT2D eigenvalue weighted by Crippen LogP contribution is 2.29. The Morgan fingerprint density at radius 1 is 1.25 bits per heavy atom. The quantitative estimate of drug-likeness (QED) is 0.875. The highest BCUT2D eigenvalue weighted by atomic mass is 19.4. The average Bonchev–Trinajstić information content (AvgIpc) is 2.35. The van der Waals surface area contributed by atoms with E-state index < -0.39 is 12.8 Å². The van der Waals surface area contributed by atoms with Crippen LogP contribution in [0.1, 0.15) is 5.69 Å². The molecule has 6 heteroatoms. The number of rotatable bonds is 3. The zero-order valence-electron chi connectivity index (χ0n) is 10.7. The number of aromatic nitrogens is 1. The second kappa shape index (κ2) is 5.40. The van der Waals surface area contributed by atoms with Crippen molar-refractivity contribution in [1.82, 2.24) is 4.98 Å². The van der Waals surface area contributed by atoms with E-state index in [2.05, 4.69) is 4.98 Å². The third-order valence-corrected chi connectivity index (χ3v) is 2.65. The van der Waals surface area contributed by atoms with Gasteiger partial charge in [0.1, 0.15) is 5.75 Å². The number of anilines is 1. The molecule has 0 unspecified atom stereocenters. The molecule has 0 fully saturated rings. The van der Waals surface area contributed by atoms with E-state index in [1.54, 1.807) is 18.3 Å². The molecule has 0 amide bonds. The van der Waals surface area contributed by atoms with Crippen LogP contribution >= 0.6 is 0 Å². The van der Waals surface area contributed by atoms with Crippen molar-refractivity contribution >= 4 is 5.69 Å². The van der Waals surface area contributed by atoms with Gasteiger partial charge in [0.05, 0.1) is 0 Å². The summed E-state index contributed by atoms with van der Waals surface area (Å²) in [5.74, 6) is 0.0839. The summed E-state index contributed by atoms with van der Waals surface area (Å²) >= 11 is 0. The molecule has 2 rings (SSSR count). The minimum atomic E-state index is -4.38. The van der Waals surface area contributed by atoms with Crippen molar-refractivity contribution in [1.29, 1.82) is 0 Å². The van der Waals surface area contributed by atoms with Gasteiger partial charge in [-0.1, -0.05) is 6.07 Å². The Bertz CT molecular complexity index is 612. The topological polar surface area (TPSA) is 48.1 Å². The summed E-state index contributed by atoms with van der Waals surface area (Å²) in [6.45, 7) is 0.469. The predicted molar refractivity (Wildman–Crippen MR) is 70.4 cm³/mol. The first-order valence-electron chi connectivity index (χ1n) is 5.87. The maximum absolute atomic E-state index is 12.2. The number of aryl methyl sites for hydroxylation is 1. The maximum atomic E-state index is 12.2. The summed E-state index contributed by atoms with van der Waals surface area (Å²) in [4.78, 5) is 4.14. The van der Waals surface area contributed by atoms with E-state index in [0.717, 1.165) is 11.3 Å². The molecule has 0 atom stereocenters. The third kappa shape index (κ3) is 3.63. The Morgan fingerprint density at radius 2 is 2.00 bits per heavy atom. The summed E-state index contributed by atoms with van der Waals surface area (Å²) in [6.07, 6.45) is -2.73. The van der Waals surface area contributed by atoms with Gasteiger partial charge in [-0.3, -0.25) is 4.98 Å². The normalized spacial score (nSPS) is 11.4. The SMILES string of the molecule is Cc1ncccc1-c1cc(N)cc(OCC(F)(F)F)c1. The molecule has 1 aromatic carbocycles. The second-order valence-electron chi connectivity index (χ2n) is 4.33. The number of nitrogens with zero attached hydrogens (tertiary/aromatic N) is 1. The lowest BCUT2D eigenvalue weighted by Gasteiger charge is -2.12. The van der Waals surface area contributed by atoms with Crippen LogP contribution in [0.2, 0.25) is 0 Å². The zero-order chi connectivity index (χ0) is 14.8. The minimum absolute atomic E-state index is 0.0839. The van der Waals surface area contributed by atoms with Gasteiger partial charge in [-0.15, -0.1) is 0 Å². The molecule has 1 aromatic heterocycles. The standard InChI is InChI=1S/C14H13F3N2O/c1-9-13(3-2-4-19-9)10-5-11(18)7-12(6-10)20-8-14(15,16)17/h2-7H,8,18H2,1H3. The van der Waals surface area contributed by atoms with Crippen LogP contribution in [0.4, 0.5) is 18.9 Å². The Morgan fingerprint density at radius 3 is 2.65 bits per heavy atom. The van der Waals surface area contributed by atoms with Crippen molar-refractivity contribution in [3.8, 4) is 16.9 Å². The number of alkyl halides is 3. The Balaban J connectivity index is 2.32. The highest BCUT2D eigenvalue weighted by Gasteiger charge is 2.28. The van der Waals surface area contributed by atoms with Crippen molar-refractivity contribution in [3.05, 3.63) is 42.2 Å². The molecule has 1 heterocycles. The van der Waals surface area contributed by atoms with Crippen LogP contribution in [-0.4, -0.2) is 17.8 Å². The molecular weight excluding hydrogens is 269 g/mol. The van der Waals surface area contributed by atoms with E-state index in [-0.39, 0.29) is 5.75 Å². The van der Waals surface area contributed by atoms with Gasteiger partial charge in [0, 0.05) is 29.2 Å². The fourth-order valence-electron chi connectivity index (χ4n) is 1.82. The highest BCUT2D eigenvalue weighted by molar-refractivity contribution is 5.71. The molecule has 0 radical (unpaired) electrons. The number of nitrogen functional groups attached to an aromatic ring is 1. The molecule has 0 saturated heterocycles. The smallest absolute Gasteiger partial charge is 0.422 e. The van der Waals surface area contributed by atoms with Crippen molar-refractivity contribution in [2.45, 2.75) is 13.1 Å². The number of hydrogen-bond acceptors (Lipinski definition) is 3. The summed E-state index contributed by atoms with van der Waals surface area (Å²) in [7, 11) is 0. The molecule has 0 saturated carbocycles. The van der Waals surface area contributed by atoms with E-state index in [1.165, 1.54) is 12.1 Å². The van der Waals surface area contributed by atoms with E-state index in [1.807, 2.05) is 13.0 Å². The summed E-state index contributed by atoms with van der Waals surface area (Å²) in [5, 5.41) is 0. The van der Waals surface area contributed by atoms with Crippen LogP contribution < -0.4 is 10.5 Å². The Hall–Kier alpha value is -2.24. The summed E-state index contributed by atoms with van der Waals surface area (Å²) in [5.41, 5.74) is 8.28. The van der Waals surface area contributed by atoms with Gasteiger partial charge in [0.2, 0.25) is 0 Å². The second-order valence-corrected chi connectivity index (χ2v) is 4.33. The minimum Gasteiger partial charge on any atom is -0.484 e. The molecule has 2 aromatic rings. The van der Waals surface area contributed by atoms with Gasteiger partial charge < -0.3 is 10.5 Å². The zero-order valence-corrected chi connectivity index (χ0v) is 10.7. The van der Waals surface area contributed by atoms with Crippen LogP contribution in [0.15, 0.2) is 36.5 Å². The lowest BCUT2D eigenvalue weighted by molar-refractivity contribution is -0.153. The molecular formula is C14H13F3N2O. The van der Waals surface area contributed by atoms with E-state index in [9.17, 15) is 13.2 Å². The van der Waals surface area contributed by atoms with Gasteiger partial charge in [0.25, 0.3) is 0 Å². The van der Waals surface area contributed by atoms with Crippen molar-refractivity contribution in [3.63, 3.8) is 0 Å². The number of pyridine rings is 1. The fraction of sp³-hybridized carbons (Fsp3) is 0.214. The van der Waals surface area contributed by atoms with Crippen molar-refractivity contribution < 1.29 is 17.9 Å². The summed E-state index contributed by atoms with van der Waals surface area (Å²) in [6, 6.07) is 8.13. The molecule has 0 aliphatic rings. The molecule has 20 heavy (non-hydrogen) atoms. The summed E-state index contributed by atoms with van der Waals surface area (Å²) < 4.78 is 41.2. The molecule has 0 aliphatic heterocycles. The molecule has 2 N–H and O–H groups in total. The van der Waals surface area contributed by atoms with Crippen LogP contribution in [0, 0.1) is 6.92 Å². The largest absolute Gasteiger partial charge is 0.484 e. The molecule has 3 nitrogen and oxygen atoms in total. The number of halogens is 3. The van der Waals surface area contributed by atoms with Crippen LogP contribution in [0.5, 0.6) is 5.75 Å². The molecule has 0 aliphatic carbocycles. The van der Waals surface area contributed by atoms with Gasteiger partial charge in [0.15, 0.2) is 6.61 Å². The van der Waals surface area contributed by atoms with Crippen LogP contribution in [0.25, 0.3) is 11.1 Å². The lowest BCUT2D eigenvalue weighted by Crippen LogP contribution is -2.19. The third-order valence-electron chi connectivity index (χ3n) is 2.65. The van der Waals surface area contributed by atoms with Crippen LogP contribution in [-0.2, 0) is 0 Å². The van der Waals surface area contributed by atoms with Gasteiger partial charge in [-0.25, -0.2) is 0 Å². The van der Waals surface area contributed by atoms with E-state index in [4.69, 9.17) is 10.5 Å². The maximum Gasteiger partial charge on any atom is 0.422 e. The first-order chi connectivity index (χ1) is 9.35. The van der Waals surface area contributed by atoms with Crippen molar-refractivity contribution in [2.75, 3.05) is 12.3 Å². The number of benzene rings is 1. The number of hydrogen-bond donors (Lipinski definition) is 1. The monoisotopic (exact) mass is 282 g/mol. The van der Waals surface area contributed by atoms with Gasteiger partial charge in [-0.2, -0.15) is 13.2 Å². The van der Waals surface area contributed by atoms with Crippen molar-refractivity contribution in [2.24, 2.45) is 0 Å². The Kier molecular flexibility index (Phi) is 3.83. The fourth-order valence-corrected chi connectivity index (χ4v) is 1.82. The van der Waals surface area contributed by atoms with E-state index >= 15 is 0 Å². The molecule has 106 valence electrons. The predicted octanol–water partition coefficient (Wildman–Crippen LogP) is 3.58. The van der Waals surface area contributed by atoms with Gasteiger partial charge in [-0.05, 0) is 30.7 Å². The molecule has 0 bridgehead atoms. The van der Waals surface area contributed by atoms with E-state index in [0.29, 0.717) is 11.3 Å². The average molecular weight is 282 g/mol. The molecule has 0 spiro atoms.